The number of aryl methyl sites for hydroxylation is 2. The number of halogens is 2. The average Bonchev–Trinajstić information content (AvgIpc) is 2.73. The van der Waals surface area contributed by atoms with Gasteiger partial charge in [-0.05, 0) is 50.4 Å². The standard InChI is InChI=1S/C17H28BrClN2/c1-4-5-6-14-7-9-17(12-18,10-8-14)11-15-13(2)20-21(3)16(15)19/h14H,4-12H2,1-3H3. The van der Waals surface area contributed by atoms with E-state index in [4.69, 9.17) is 11.6 Å². The van der Waals surface area contributed by atoms with Crippen molar-refractivity contribution in [3.8, 4) is 0 Å². The average molecular weight is 376 g/mol. The maximum atomic E-state index is 6.43. The summed E-state index contributed by atoms with van der Waals surface area (Å²) in [4.78, 5) is 0. The minimum atomic E-state index is 0.375. The summed E-state index contributed by atoms with van der Waals surface area (Å²) in [6.45, 7) is 4.37. The Morgan fingerprint density at radius 2 is 2.05 bits per heavy atom. The lowest BCUT2D eigenvalue weighted by Crippen LogP contribution is -2.31. The van der Waals surface area contributed by atoms with Crippen molar-refractivity contribution < 1.29 is 0 Å². The smallest absolute Gasteiger partial charge is 0.130 e. The van der Waals surface area contributed by atoms with Crippen molar-refractivity contribution in [2.24, 2.45) is 18.4 Å². The highest BCUT2D eigenvalue weighted by Crippen LogP contribution is 2.45. The van der Waals surface area contributed by atoms with Crippen LogP contribution < -0.4 is 0 Å². The molecule has 120 valence electrons. The Bertz CT molecular complexity index is 462. The highest BCUT2D eigenvalue weighted by molar-refractivity contribution is 9.09. The first-order valence-corrected chi connectivity index (χ1v) is 9.75. The van der Waals surface area contributed by atoms with E-state index in [1.54, 1.807) is 4.68 Å². The van der Waals surface area contributed by atoms with Crippen LogP contribution in [0.15, 0.2) is 0 Å². The molecular weight excluding hydrogens is 348 g/mol. The van der Waals surface area contributed by atoms with Gasteiger partial charge in [0.15, 0.2) is 0 Å². The first kappa shape index (κ1) is 17.3. The van der Waals surface area contributed by atoms with Crippen molar-refractivity contribution in [2.45, 2.75) is 65.2 Å². The third kappa shape index (κ3) is 4.04. The van der Waals surface area contributed by atoms with Crippen LogP contribution in [0.3, 0.4) is 0 Å². The Morgan fingerprint density at radius 3 is 2.52 bits per heavy atom. The third-order valence-corrected chi connectivity index (χ3v) is 6.90. The van der Waals surface area contributed by atoms with Gasteiger partial charge in [-0.3, -0.25) is 4.68 Å². The molecule has 0 spiro atoms. The van der Waals surface area contributed by atoms with Crippen molar-refractivity contribution in [1.82, 2.24) is 9.78 Å². The van der Waals surface area contributed by atoms with E-state index in [-0.39, 0.29) is 0 Å². The molecular formula is C17H28BrClN2. The number of aromatic nitrogens is 2. The molecule has 0 radical (unpaired) electrons. The number of unbranched alkanes of at least 4 members (excludes halogenated alkanes) is 1. The summed E-state index contributed by atoms with van der Waals surface area (Å²) >= 11 is 10.2. The molecule has 0 unspecified atom stereocenters. The van der Waals surface area contributed by atoms with Crippen LogP contribution in [0.4, 0.5) is 0 Å². The lowest BCUT2D eigenvalue weighted by Gasteiger charge is -2.39. The Hall–Kier alpha value is -0.0200. The predicted molar refractivity (Wildman–Crippen MR) is 94.4 cm³/mol. The zero-order chi connectivity index (χ0) is 15.5. The van der Waals surface area contributed by atoms with Crippen LogP contribution in [0.5, 0.6) is 0 Å². The molecule has 1 heterocycles. The van der Waals surface area contributed by atoms with E-state index in [1.165, 1.54) is 50.5 Å². The Labute approximate surface area is 142 Å². The normalized spacial score (nSPS) is 26.2. The van der Waals surface area contributed by atoms with E-state index >= 15 is 0 Å². The first-order chi connectivity index (χ1) is 10.0. The van der Waals surface area contributed by atoms with Gasteiger partial charge in [-0.15, -0.1) is 0 Å². The fourth-order valence-corrected chi connectivity index (χ4v) is 4.68. The zero-order valence-electron chi connectivity index (χ0n) is 13.6. The van der Waals surface area contributed by atoms with Crippen molar-refractivity contribution in [2.75, 3.05) is 5.33 Å². The van der Waals surface area contributed by atoms with Crippen LogP contribution in [-0.4, -0.2) is 15.1 Å². The molecule has 0 bridgehead atoms. The third-order valence-electron chi connectivity index (χ3n) is 5.24. The highest BCUT2D eigenvalue weighted by Gasteiger charge is 2.35. The number of hydrogen-bond acceptors (Lipinski definition) is 1. The van der Waals surface area contributed by atoms with E-state index < -0.39 is 0 Å². The molecule has 2 rings (SSSR count). The highest BCUT2D eigenvalue weighted by atomic mass is 79.9. The number of rotatable bonds is 6. The Morgan fingerprint density at radius 1 is 1.38 bits per heavy atom. The van der Waals surface area contributed by atoms with E-state index in [0.29, 0.717) is 5.41 Å². The van der Waals surface area contributed by atoms with Gasteiger partial charge in [0, 0.05) is 17.9 Å². The number of alkyl halides is 1. The maximum Gasteiger partial charge on any atom is 0.130 e. The Balaban J connectivity index is 2.03. The van der Waals surface area contributed by atoms with Crippen LogP contribution in [0.25, 0.3) is 0 Å². The van der Waals surface area contributed by atoms with Crippen LogP contribution >= 0.6 is 27.5 Å². The van der Waals surface area contributed by atoms with Gasteiger partial charge >= 0.3 is 0 Å². The molecule has 1 aliphatic rings. The van der Waals surface area contributed by atoms with Crippen LogP contribution in [0, 0.1) is 18.3 Å². The molecule has 1 aromatic rings. The predicted octanol–water partition coefficient (Wildman–Crippen LogP) is 5.69. The molecule has 0 aliphatic heterocycles. The lowest BCUT2D eigenvalue weighted by molar-refractivity contribution is 0.168. The van der Waals surface area contributed by atoms with Gasteiger partial charge in [-0.1, -0.05) is 53.7 Å². The Kier molecular flexibility index (Phi) is 6.19. The van der Waals surface area contributed by atoms with Crippen molar-refractivity contribution in [3.63, 3.8) is 0 Å². The second-order valence-electron chi connectivity index (χ2n) is 6.87. The molecule has 0 saturated heterocycles. The van der Waals surface area contributed by atoms with Crippen molar-refractivity contribution in [3.05, 3.63) is 16.4 Å². The molecule has 1 saturated carbocycles. The number of hydrogen-bond donors (Lipinski definition) is 0. The van der Waals surface area contributed by atoms with E-state index in [9.17, 15) is 0 Å². The monoisotopic (exact) mass is 374 g/mol. The van der Waals surface area contributed by atoms with E-state index in [0.717, 1.165) is 28.5 Å². The molecule has 21 heavy (non-hydrogen) atoms. The molecule has 0 N–H and O–H groups in total. The first-order valence-electron chi connectivity index (χ1n) is 8.25. The molecule has 0 aromatic carbocycles. The quantitative estimate of drug-likeness (QED) is 0.584. The fourth-order valence-electron chi connectivity index (χ4n) is 3.68. The van der Waals surface area contributed by atoms with Gasteiger partial charge in [0.1, 0.15) is 5.15 Å². The topological polar surface area (TPSA) is 17.8 Å². The van der Waals surface area contributed by atoms with Gasteiger partial charge < -0.3 is 0 Å². The summed E-state index contributed by atoms with van der Waals surface area (Å²) in [6.07, 6.45) is 10.6. The molecule has 0 atom stereocenters. The summed E-state index contributed by atoms with van der Waals surface area (Å²) in [6, 6.07) is 0. The lowest BCUT2D eigenvalue weighted by atomic mass is 9.68. The molecule has 4 heteroatoms. The second kappa shape index (κ2) is 7.50. The largest absolute Gasteiger partial charge is 0.257 e. The van der Waals surface area contributed by atoms with Gasteiger partial charge in [-0.2, -0.15) is 5.10 Å². The van der Waals surface area contributed by atoms with E-state index in [1.807, 2.05) is 7.05 Å². The molecule has 1 fully saturated rings. The molecule has 2 nitrogen and oxygen atoms in total. The van der Waals surface area contributed by atoms with Crippen LogP contribution in [0.1, 0.15) is 63.1 Å². The molecule has 1 aliphatic carbocycles. The summed E-state index contributed by atoms with van der Waals surface area (Å²) < 4.78 is 1.81. The summed E-state index contributed by atoms with van der Waals surface area (Å²) in [5.74, 6) is 0.947. The van der Waals surface area contributed by atoms with Gasteiger partial charge in [0.25, 0.3) is 0 Å². The second-order valence-corrected chi connectivity index (χ2v) is 7.79. The van der Waals surface area contributed by atoms with Crippen LogP contribution in [0.2, 0.25) is 5.15 Å². The maximum absolute atomic E-state index is 6.43. The van der Waals surface area contributed by atoms with E-state index in [2.05, 4.69) is 34.9 Å². The minimum absolute atomic E-state index is 0.375. The zero-order valence-corrected chi connectivity index (χ0v) is 15.9. The minimum Gasteiger partial charge on any atom is -0.257 e. The van der Waals surface area contributed by atoms with Crippen LogP contribution in [-0.2, 0) is 13.5 Å². The van der Waals surface area contributed by atoms with Crippen molar-refractivity contribution in [1.29, 1.82) is 0 Å². The number of nitrogens with zero attached hydrogens (tertiary/aromatic N) is 2. The fraction of sp³-hybridized carbons (Fsp3) is 0.824. The van der Waals surface area contributed by atoms with Gasteiger partial charge in [-0.25, -0.2) is 0 Å². The molecule has 1 aromatic heterocycles. The van der Waals surface area contributed by atoms with Crippen molar-refractivity contribution >= 4 is 27.5 Å². The van der Waals surface area contributed by atoms with Gasteiger partial charge in [0.05, 0.1) is 5.69 Å². The van der Waals surface area contributed by atoms with Gasteiger partial charge in [0.2, 0.25) is 0 Å². The molecule has 0 amide bonds. The SMILES string of the molecule is CCCCC1CCC(CBr)(Cc2c(C)nn(C)c2Cl)CC1. The summed E-state index contributed by atoms with van der Waals surface area (Å²) in [5.41, 5.74) is 2.72. The summed E-state index contributed by atoms with van der Waals surface area (Å²) in [7, 11) is 1.93. The summed E-state index contributed by atoms with van der Waals surface area (Å²) in [5, 5.41) is 6.36.